The highest BCUT2D eigenvalue weighted by Crippen LogP contribution is 2.52. The third kappa shape index (κ3) is 2.56. The lowest BCUT2D eigenvalue weighted by atomic mass is 9.78. The average Bonchev–Trinajstić information content (AvgIpc) is 2.69. The number of benzene rings is 1. The Labute approximate surface area is 168 Å². The Hall–Kier alpha value is -3.00. The topological polar surface area (TPSA) is 82.6 Å². The van der Waals surface area contributed by atoms with Crippen LogP contribution in [0.2, 0.25) is 0 Å². The zero-order valence-corrected chi connectivity index (χ0v) is 16.1. The molecule has 4 heterocycles. The number of hydrogen-bond acceptors (Lipinski definition) is 6. The monoisotopic (exact) mass is 440 g/mol. The van der Waals surface area contributed by atoms with Crippen LogP contribution < -0.4 is 10.5 Å². The normalized spacial score (nSPS) is 19.9. The molecule has 0 bridgehead atoms. The van der Waals surface area contributed by atoms with E-state index in [0.29, 0.717) is 35.8 Å². The quantitative estimate of drug-likeness (QED) is 0.575. The largest absolute Gasteiger partial charge is 0.465 e. The van der Waals surface area contributed by atoms with Crippen LogP contribution in [0, 0.1) is 5.95 Å². The summed E-state index contributed by atoms with van der Waals surface area (Å²) in [5.41, 5.74) is 7.78. The predicted molar refractivity (Wildman–Crippen MR) is 105 cm³/mol. The van der Waals surface area contributed by atoms with E-state index in [2.05, 4.69) is 30.9 Å². The van der Waals surface area contributed by atoms with Crippen LogP contribution >= 0.6 is 15.9 Å². The second-order valence-corrected chi connectivity index (χ2v) is 7.49. The molecule has 140 valence electrons. The fraction of sp³-hybridized carbons (Fsp3) is 0.150. The van der Waals surface area contributed by atoms with E-state index in [1.807, 2.05) is 12.1 Å². The maximum absolute atomic E-state index is 14.3. The van der Waals surface area contributed by atoms with E-state index < -0.39 is 11.5 Å². The van der Waals surface area contributed by atoms with Gasteiger partial charge in [0.15, 0.2) is 0 Å². The number of halogens is 2. The number of pyridine rings is 2. The van der Waals surface area contributed by atoms with E-state index in [0.717, 1.165) is 15.6 Å². The van der Waals surface area contributed by atoms with E-state index in [1.165, 1.54) is 6.20 Å². The molecule has 0 amide bonds. The van der Waals surface area contributed by atoms with Crippen LogP contribution in [0.4, 0.5) is 4.39 Å². The highest BCUT2D eigenvalue weighted by Gasteiger charge is 2.45. The van der Waals surface area contributed by atoms with Crippen LogP contribution in [0.15, 0.2) is 58.3 Å². The first-order valence-corrected chi connectivity index (χ1v) is 9.43. The zero-order valence-electron chi connectivity index (χ0n) is 14.5. The third-order valence-electron chi connectivity index (χ3n) is 4.98. The summed E-state index contributed by atoms with van der Waals surface area (Å²) in [6.07, 6.45) is 3.64. The van der Waals surface area contributed by atoms with Gasteiger partial charge in [-0.25, -0.2) is 15.0 Å². The molecule has 0 fully saturated rings. The summed E-state index contributed by atoms with van der Waals surface area (Å²) in [4.78, 5) is 12.8. The van der Waals surface area contributed by atoms with Crippen LogP contribution in [0.5, 0.6) is 11.6 Å². The van der Waals surface area contributed by atoms with E-state index in [-0.39, 0.29) is 6.02 Å². The fourth-order valence-corrected chi connectivity index (χ4v) is 4.07. The Morgan fingerprint density at radius 2 is 2.04 bits per heavy atom. The standard InChI is InChI=1S/C20H14BrFN4O2/c21-12-9-15-18(25-10-12)28-16-4-3-11(13-2-1-6-24-17(13)22)8-14(16)20(15)5-7-27-19(23)26-20/h1-4,6,8-10H,5,7H2,(H2,23,26)/t20-/m0/s1. The Balaban J connectivity index is 1.78. The third-order valence-corrected chi connectivity index (χ3v) is 5.41. The van der Waals surface area contributed by atoms with E-state index in [4.69, 9.17) is 15.2 Å². The number of hydrogen-bond donors (Lipinski definition) is 1. The van der Waals surface area contributed by atoms with E-state index in [1.54, 1.807) is 30.5 Å². The Bertz CT molecular complexity index is 1140. The second kappa shape index (κ2) is 6.27. The molecule has 8 heteroatoms. The van der Waals surface area contributed by atoms with Gasteiger partial charge in [-0.15, -0.1) is 0 Å². The van der Waals surface area contributed by atoms with Crippen LogP contribution in [-0.2, 0) is 10.3 Å². The molecule has 0 saturated carbocycles. The number of fused-ring (bicyclic) bond motifs is 4. The molecular weight excluding hydrogens is 427 g/mol. The minimum Gasteiger partial charge on any atom is -0.465 e. The predicted octanol–water partition coefficient (Wildman–Crippen LogP) is 4.13. The highest BCUT2D eigenvalue weighted by molar-refractivity contribution is 9.10. The van der Waals surface area contributed by atoms with Crippen molar-refractivity contribution in [2.75, 3.05) is 6.61 Å². The molecule has 1 aromatic carbocycles. The number of rotatable bonds is 1. The number of aliphatic imine (C=N–C) groups is 1. The van der Waals surface area contributed by atoms with Gasteiger partial charge < -0.3 is 15.2 Å². The molecule has 2 N–H and O–H groups in total. The second-order valence-electron chi connectivity index (χ2n) is 6.57. The lowest BCUT2D eigenvalue weighted by Gasteiger charge is -2.38. The zero-order chi connectivity index (χ0) is 19.3. The summed E-state index contributed by atoms with van der Waals surface area (Å²) < 4.78 is 26.5. The highest BCUT2D eigenvalue weighted by atomic mass is 79.9. The molecule has 2 aromatic heterocycles. The van der Waals surface area contributed by atoms with Crippen LogP contribution in [0.3, 0.4) is 0 Å². The van der Waals surface area contributed by atoms with Crippen molar-refractivity contribution in [3.05, 3.63) is 70.3 Å². The SMILES string of the molecule is NC1=N[C@@]2(CCO1)c1cc(-c3cccnc3F)ccc1Oc1ncc(Br)cc12. The van der Waals surface area contributed by atoms with Crippen molar-refractivity contribution in [3.63, 3.8) is 0 Å². The van der Waals surface area contributed by atoms with Gasteiger partial charge in [0.25, 0.3) is 6.02 Å². The summed E-state index contributed by atoms with van der Waals surface area (Å²) in [6.45, 7) is 0.395. The summed E-state index contributed by atoms with van der Waals surface area (Å²) in [5, 5.41) is 0. The average molecular weight is 441 g/mol. The molecular formula is C20H14BrFN4O2. The Kier molecular flexibility index (Phi) is 3.83. The van der Waals surface area contributed by atoms with Gasteiger partial charge in [-0.05, 0) is 51.8 Å². The smallest absolute Gasteiger partial charge is 0.283 e. The lowest BCUT2D eigenvalue weighted by molar-refractivity contribution is 0.218. The first kappa shape index (κ1) is 17.1. The maximum atomic E-state index is 14.3. The summed E-state index contributed by atoms with van der Waals surface area (Å²) in [7, 11) is 0. The van der Waals surface area contributed by atoms with Gasteiger partial charge in [0.05, 0.1) is 6.61 Å². The summed E-state index contributed by atoms with van der Waals surface area (Å²) in [6, 6.07) is 10.9. The molecule has 0 unspecified atom stereocenters. The Morgan fingerprint density at radius 1 is 1.14 bits per heavy atom. The van der Waals surface area contributed by atoms with Crippen molar-refractivity contribution in [3.8, 4) is 22.8 Å². The van der Waals surface area contributed by atoms with Crippen molar-refractivity contribution >= 4 is 22.0 Å². The van der Waals surface area contributed by atoms with Gasteiger partial charge >= 0.3 is 0 Å². The van der Waals surface area contributed by atoms with Crippen molar-refractivity contribution in [1.29, 1.82) is 0 Å². The first-order chi connectivity index (χ1) is 13.6. The molecule has 6 nitrogen and oxygen atoms in total. The van der Waals surface area contributed by atoms with Crippen molar-refractivity contribution in [2.24, 2.45) is 10.7 Å². The van der Waals surface area contributed by atoms with Crippen molar-refractivity contribution in [2.45, 2.75) is 12.0 Å². The maximum Gasteiger partial charge on any atom is 0.283 e. The lowest BCUT2D eigenvalue weighted by Crippen LogP contribution is -2.38. The number of aromatic nitrogens is 2. The summed E-state index contributed by atoms with van der Waals surface area (Å²) in [5.74, 6) is 0.538. The molecule has 2 aliphatic rings. The number of amidine groups is 1. The van der Waals surface area contributed by atoms with Crippen molar-refractivity contribution in [1.82, 2.24) is 9.97 Å². The Morgan fingerprint density at radius 3 is 2.86 bits per heavy atom. The van der Waals surface area contributed by atoms with Crippen LogP contribution in [-0.4, -0.2) is 22.6 Å². The molecule has 0 aliphatic carbocycles. The number of nitrogens with zero attached hydrogens (tertiary/aromatic N) is 3. The molecule has 0 saturated heterocycles. The molecule has 0 radical (unpaired) electrons. The fourth-order valence-electron chi connectivity index (χ4n) is 3.73. The first-order valence-electron chi connectivity index (χ1n) is 8.64. The van der Waals surface area contributed by atoms with E-state index in [9.17, 15) is 4.39 Å². The molecule has 28 heavy (non-hydrogen) atoms. The van der Waals surface area contributed by atoms with Crippen molar-refractivity contribution < 1.29 is 13.9 Å². The molecule has 5 rings (SSSR count). The minimum atomic E-state index is -0.823. The van der Waals surface area contributed by atoms with E-state index >= 15 is 0 Å². The van der Waals surface area contributed by atoms with Gasteiger partial charge in [-0.1, -0.05) is 6.07 Å². The van der Waals surface area contributed by atoms with Gasteiger partial charge in [0, 0.05) is 40.0 Å². The molecule has 1 spiro atoms. The number of ether oxygens (including phenoxy) is 2. The number of nitrogens with two attached hydrogens (primary N) is 1. The molecule has 3 aromatic rings. The van der Waals surface area contributed by atoms with Crippen LogP contribution in [0.25, 0.3) is 11.1 Å². The summed E-state index contributed by atoms with van der Waals surface area (Å²) >= 11 is 3.47. The van der Waals surface area contributed by atoms with Gasteiger partial charge in [0.1, 0.15) is 11.3 Å². The molecule has 1 atom stereocenters. The van der Waals surface area contributed by atoms with Gasteiger partial charge in [0.2, 0.25) is 11.8 Å². The molecule has 2 aliphatic heterocycles. The minimum absolute atomic E-state index is 0.1000. The van der Waals surface area contributed by atoms with Gasteiger partial charge in [-0.3, -0.25) is 0 Å². The van der Waals surface area contributed by atoms with Crippen LogP contribution in [0.1, 0.15) is 17.5 Å². The van der Waals surface area contributed by atoms with Gasteiger partial charge in [-0.2, -0.15) is 4.39 Å².